The van der Waals surface area contributed by atoms with Crippen LogP contribution in [-0.2, 0) is 13.0 Å². The maximum Gasteiger partial charge on any atom is 0.317 e. The number of hydrogen-bond acceptors (Lipinski definition) is 2. The predicted octanol–water partition coefficient (Wildman–Crippen LogP) is 3.91. The zero-order valence-corrected chi connectivity index (χ0v) is 15.4. The first-order valence-corrected chi connectivity index (χ1v) is 8.82. The first kappa shape index (κ1) is 18.0. The van der Waals surface area contributed by atoms with E-state index in [4.69, 9.17) is 11.6 Å². The number of urea groups is 1. The summed E-state index contributed by atoms with van der Waals surface area (Å²) in [7, 11) is 1.77. The molecule has 26 heavy (non-hydrogen) atoms. The monoisotopic (exact) mass is 368 g/mol. The molecule has 0 saturated carbocycles. The van der Waals surface area contributed by atoms with Crippen molar-refractivity contribution >= 4 is 17.6 Å². The fourth-order valence-electron chi connectivity index (χ4n) is 2.65. The maximum absolute atomic E-state index is 12.2. The van der Waals surface area contributed by atoms with Gasteiger partial charge in [0.15, 0.2) is 0 Å². The third-order valence-electron chi connectivity index (χ3n) is 4.00. The Morgan fingerprint density at radius 3 is 2.73 bits per heavy atom. The van der Waals surface area contributed by atoms with Gasteiger partial charge in [0, 0.05) is 30.4 Å². The van der Waals surface area contributed by atoms with Crippen molar-refractivity contribution in [1.29, 1.82) is 0 Å². The van der Waals surface area contributed by atoms with Crippen molar-refractivity contribution in [3.63, 3.8) is 0 Å². The minimum Gasteiger partial charge on any atom is -0.338 e. The number of nitrogens with zero attached hydrogens (tertiary/aromatic N) is 3. The summed E-state index contributed by atoms with van der Waals surface area (Å²) in [5.41, 5.74) is 3.07. The highest BCUT2D eigenvalue weighted by atomic mass is 35.5. The lowest BCUT2D eigenvalue weighted by Crippen LogP contribution is -2.37. The fraction of sp³-hybridized carbons (Fsp3) is 0.200. The molecule has 5 nitrogen and oxygen atoms in total. The minimum absolute atomic E-state index is 0.112. The molecule has 6 heteroatoms. The van der Waals surface area contributed by atoms with Gasteiger partial charge in [-0.2, -0.15) is 5.10 Å². The molecule has 0 spiro atoms. The van der Waals surface area contributed by atoms with Crippen LogP contribution in [0.2, 0.25) is 5.02 Å². The van der Waals surface area contributed by atoms with Gasteiger partial charge in [0.2, 0.25) is 0 Å². The zero-order valence-electron chi connectivity index (χ0n) is 14.6. The van der Waals surface area contributed by atoms with Crippen LogP contribution in [0.15, 0.2) is 67.0 Å². The predicted molar refractivity (Wildman–Crippen MR) is 104 cm³/mol. The molecule has 0 bridgehead atoms. The van der Waals surface area contributed by atoms with Crippen LogP contribution in [0.1, 0.15) is 11.1 Å². The fourth-order valence-corrected chi connectivity index (χ4v) is 2.86. The van der Waals surface area contributed by atoms with Gasteiger partial charge in [-0.3, -0.25) is 0 Å². The summed E-state index contributed by atoms with van der Waals surface area (Å²) >= 11 is 5.97. The second kappa shape index (κ2) is 8.54. The number of carbonyl (C=O) groups is 1. The number of halogens is 1. The molecular formula is C20H21ClN4O. The van der Waals surface area contributed by atoms with Crippen LogP contribution in [0.4, 0.5) is 4.79 Å². The summed E-state index contributed by atoms with van der Waals surface area (Å²) in [5, 5.41) is 7.99. The Bertz CT molecular complexity index is 863. The molecule has 1 heterocycles. The SMILES string of the molecule is CN(Cc1cnn(-c2ccccc2)c1)C(=O)NCCc1cccc(Cl)c1. The van der Waals surface area contributed by atoms with E-state index in [9.17, 15) is 4.79 Å². The molecule has 134 valence electrons. The third kappa shape index (κ3) is 4.86. The molecule has 1 aromatic heterocycles. The van der Waals surface area contributed by atoms with Crippen molar-refractivity contribution in [3.8, 4) is 5.69 Å². The molecule has 0 unspecified atom stereocenters. The van der Waals surface area contributed by atoms with Crippen LogP contribution in [0.3, 0.4) is 0 Å². The van der Waals surface area contributed by atoms with E-state index in [0.717, 1.165) is 23.2 Å². The van der Waals surface area contributed by atoms with E-state index in [2.05, 4.69) is 10.4 Å². The van der Waals surface area contributed by atoms with Gasteiger partial charge >= 0.3 is 6.03 Å². The molecule has 2 amide bonds. The molecule has 0 aliphatic rings. The second-order valence-corrected chi connectivity index (χ2v) is 6.53. The van der Waals surface area contributed by atoms with Crippen molar-refractivity contribution in [2.75, 3.05) is 13.6 Å². The number of aromatic nitrogens is 2. The normalized spacial score (nSPS) is 10.5. The number of para-hydroxylation sites is 1. The highest BCUT2D eigenvalue weighted by Gasteiger charge is 2.10. The average Bonchev–Trinajstić information content (AvgIpc) is 3.11. The number of rotatable bonds is 6. The third-order valence-corrected chi connectivity index (χ3v) is 4.24. The number of benzene rings is 2. The Morgan fingerprint density at radius 2 is 1.96 bits per heavy atom. The second-order valence-electron chi connectivity index (χ2n) is 6.10. The van der Waals surface area contributed by atoms with E-state index in [1.54, 1.807) is 22.8 Å². The topological polar surface area (TPSA) is 50.2 Å². The van der Waals surface area contributed by atoms with Gasteiger partial charge in [0.25, 0.3) is 0 Å². The molecule has 0 saturated heterocycles. The van der Waals surface area contributed by atoms with Gasteiger partial charge in [0.05, 0.1) is 18.4 Å². The van der Waals surface area contributed by atoms with Crippen LogP contribution in [0, 0.1) is 0 Å². The van der Waals surface area contributed by atoms with Crippen LogP contribution < -0.4 is 5.32 Å². The largest absolute Gasteiger partial charge is 0.338 e. The van der Waals surface area contributed by atoms with Crippen LogP contribution >= 0.6 is 11.6 Å². The number of amides is 2. The molecule has 3 rings (SSSR count). The standard InChI is InChI=1S/C20H21ClN4O/c1-24(20(26)22-11-10-16-6-5-7-18(21)12-16)14-17-13-23-25(15-17)19-8-3-2-4-9-19/h2-9,12-13,15H,10-11,14H2,1H3,(H,22,26). The lowest BCUT2D eigenvalue weighted by molar-refractivity contribution is 0.207. The minimum atomic E-state index is -0.112. The summed E-state index contributed by atoms with van der Waals surface area (Å²) in [6.45, 7) is 1.06. The smallest absolute Gasteiger partial charge is 0.317 e. The quantitative estimate of drug-likeness (QED) is 0.717. The van der Waals surface area contributed by atoms with Crippen molar-refractivity contribution in [2.45, 2.75) is 13.0 Å². The molecule has 3 aromatic rings. The van der Waals surface area contributed by atoms with Gasteiger partial charge < -0.3 is 10.2 Å². The summed E-state index contributed by atoms with van der Waals surface area (Å²) in [4.78, 5) is 13.9. The molecular weight excluding hydrogens is 348 g/mol. The molecule has 0 fully saturated rings. The zero-order chi connectivity index (χ0) is 18.4. The summed E-state index contributed by atoms with van der Waals surface area (Å²) in [6.07, 6.45) is 4.46. The van der Waals surface area contributed by atoms with Gasteiger partial charge in [-0.1, -0.05) is 41.9 Å². The first-order valence-electron chi connectivity index (χ1n) is 8.44. The number of carbonyl (C=O) groups excluding carboxylic acids is 1. The summed E-state index contributed by atoms with van der Waals surface area (Å²) in [5.74, 6) is 0. The van der Waals surface area contributed by atoms with E-state index in [1.807, 2.05) is 60.8 Å². The lowest BCUT2D eigenvalue weighted by atomic mass is 10.1. The van der Waals surface area contributed by atoms with Crippen LogP contribution in [-0.4, -0.2) is 34.3 Å². The van der Waals surface area contributed by atoms with E-state index in [-0.39, 0.29) is 6.03 Å². The van der Waals surface area contributed by atoms with E-state index < -0.39 is 0 Å². The summed E-state index contributed by atoms with van der Waals surface area (Å²) < 4.78 is 1.81. The van der Waals surface area contributed by atoms with Crippen LogP contribution in [0.5, 0.6) is 0 Å². The number of hydrogen-bond donors (Lipinski definition) is 1. The van der Waals surface area contributed by atoms with Gasteiger partial charge in [-0.05, 0) is 36.2 Å². The summed E-state index contributed by atoms with van der Waals surface area (Å²) in [6, 6.07) is 17.4. The molecule has 0 radical (unpaired) electrons. The Labute approximate surface area is 158 Å². The highest BCUT2D eigenvalue weighted by molar-refractivity contribution is 6.30. The molecule has 0 aliphatic carbocycles. The Balaban J connectivity index is 1.49. The van der Waals surface area contributed by atoms with Crippen molar-refractivity contribution in [3.05, 3.63) is 83.1 Å². The lowest BCUT2D eigenvalue weighted by Gasteiger charge is -2.17. The van der Waals surface area contributed by atoms with E-state index in [0.29, 0.717) is 18.1 Å². The molecule has 2 aromatic carbocycles. The Morgan fingerprint density at radius 1 is 1.15 bits per heavy atom. The molecule has 0 aliphatic heterocycles. The Hall–Kier alpha value is -2.79. The van der Waals surface area contributed by atoms with E-state index >= 15 is 0 Å². The number of nitrogens with one attached hydrogen (secondary N) is 1. The molecule has 0 atom stereocenters. The maximum atomic E-state index is 12.2. The van der Waals surface area contributed by atoms with Crippen LogP contribution in [0.25, 0.3) is 5.69 Å². The van der Waals surface area contributed by atoms with E-state index in [1.165, 1.54) is 0 Å². The first-order chi connectivity index (χ1) is 12.6. The Kier molecular flexibility index (Phi) is 5.92. The highest BCUT2D eigenvalue weighted by Crippen LogP contribution is 2.11. The van der Waals surface area contributed by atoms with Crippen molar-refractivity contribution < 1.29 is 4.79 Å². The van der Waals surface area contributed by atoms with Gasteiger partial charge in [-0.15, -0.1) is 0 Å². The molecule has 1 N–H and O–H groups in total. The van der Waals surface area contributed by atoms with Gasteiger partial charge in [-0.25, -0.2) is 9.48 Å². The van der Waals surface area contributed by atoms with Crippen molar-refractivity contribution in [2.24, 2.45) is 0 Å². The van der Waals surface area contributed by atoms with Gasteiger partial charge in [0.1, 0.15) is 0 Å². The average molecular weight is 369 g/mol. The van der Waals surface area contributed by atoms with Crippen molar-refractivity contribution in [1.82, 2.24) is 20.0 Å².